The Hall–Kier alpha value is -1.07. The van der Waals surface area contributed by atoms with E-state index in [1.54, 1.807) is 6.07 Å². The largest absolute Gasteiger partial charge is 0.416 e. The van der Waals surface area contributed by atoms with Crippen molar-refractivity contribution in [2.75, 3.05) is 13.2 Å². The highest BCUT2D eigenvalue weighted by Crippen LogP contribution is 2.34. The number of rotatable bonds is 2. The lowest BCUT2D eigenvalue weighted by Crippen LogP contribution is -2.47. The minimum atomic E-state index is -4.31. The fourth-order valence-electron chi connectivity index (χ4n) is 1.87. The van der Waals surface area contributed by atoms with Crippen LogP contribution in [0.2, 0.25) is 0 Å². The SMILES string of the molecule is OCC1CNC1c1cccc(C(F)(F)F)c1. The van der Waals surface area contributed by atoms with Crippen molar-refractivity contribution >= 4 is 0 Å². The van der Waals surface area contributed by atoms with Crippen LogP contribution in [0.25, 0.3) is 0 Å². The number of aliphatic hydroxyl groups is 1. The molecule has 2 rings (SSSR count). The highest BCUT2D eigenvalue weighted by atomic mass is 19.4. The number of hydrogen-bond acceptors (Lipinski definition) is 2. The molecule has 0 radical (unpaired) electrons. The Morgan fingerprint density at radius 3 is 2.62 bits per heavy atom. The van der Waals surface area contributed by atoms with Crippen molar-refractivity contribution in [2.45, 2.75) is 12.2 Å². The predicted molar refractivity (Wildman–Crippen MR) is 52.8 cm³/mol. The van der Waals surface area contributed by atoms with Gasteiger partial charge in [0.2, 0.25) is 0 Å². The third-order valence-electron chi connectivity index (χ3n) is 2.88. The molecule has 1 fully saturated rings. The van der Waals surface area contributed by atoms with Gasteiger partial charge in [0, 0.05) is 25.1 Å². The van der Waals surface area contributed by atoms with Crippen LogP contribution >= 0.6 is 0 Å². The van der Waals surface area contributed by atoms with Crippen LogP contribution in [0, 0.1) is 5.92 Å². The third kappa shape index (κ3) is 2.05. The quantitative estimate of drug-likeness (QED) is 0.815. The minimum absolute atomic E-state index is 0.00604. The molecule has 0 aromatic heterocycles. The Balaban J connectivity index is 2.23. The maximum Gasteiger partial charge on any atom is 0.416 e. The maximum absolute atomic E-state index is 12.5. The van der Waals surface area contributed by atoms with Gasteiger partial charge in [-0.2, -0.15) is 13.2 Å². The smallest absolute Gasteiger partial charge is 0.396 e. The second-order valence-corrected chi connectivity index (χ2v) is 3.95. The number of alkyl halides is 3. The molecule has 1 aromatic carbocycles. The summed E-state index contributed by atoms with van der Waals surface area (Å²) in [4.78, 5) is 0. The zero-order chi connectivity index (χ0) is 11.8. The van der Waals surface area contributed by atoms with Crippen LogP contribution in [-0.2, 0) is 6.18 Å². The summed E-state index contributed by atoms with van der Waals surface area (Å²) in [5.41, 5.74) is -0.0597. The molecule has 0 aliphatic carbocycles. The molecule has 1 aliphatic heterocycles. The zero-order valence-corrected chi connectivity index (χ0v) is 8.46. The second-order valence-electron chi connectivity index (χ2n) is 3.95. The number of halogens is 3. The van der Waals surface area contributed by atoms with Gasteiger partial charge in [-0.15, -0.1) is 0 Å². The molecule has 2 nitrogen and oxygen atoms in total. The van der Waals surface area contributed by atoms with Gasteiger partial charge in [0.05, 0.1) is 5.56 Å². The molecule has 2 atom stereocenters. The van der Waals surface area contributed by atoms with Crippen LogP contribution in [0.4, 0.5) is 13.2 Å². The summed E-state index contributed by atoms with van der Waals surface area (Å²) in [7, 11) is 0. The highest BCUT2D eigenvalue weighted by molar-refractivity contribution is 5.29. The Morgan fingerprint density at radius 2 is 2.12 bits per heavy atom. The van der Waals surface area contributed by atoms with Crippen molar-refractivity contribution in [3.05, 3.63) is 35.4 Å². The van der Waals surface area contributed by atoms with E-state index in [9.17, 15) is 13.2 Å². The van der Waals surface area contributed by atoms with Crippen molar-refractivity contribution < 1.29 is 18.3 Å². The highest BCUT2D eigenvalue weighted by Gasteiger charge is 2.34. The lowest BCUT2D eigenvalue weighted by molar-refractivity contribution is -0.137. The summed E-state index contributed by atoms with van der Waals surface area (Å²) < 4.78 is 37.4. The molecule has 0 spiro atoms. The molecule has 0 bridgehead atoms. The first-order chi connectivity index (χ1) is 7.52. The molecule has 1 saturated heterocycles. The number of nitrogens with one attached hydrogen (secondary N) is 1. The number of hydrogen-bond donors (Lipinski definition) is 2. The van der Waals surface area contributed by atoms with Crippen LogP contribution in [0.5, 0.6) is 0 Å². The molecular weight excluding hydrogens is 219 g/mol. The van der Waals surface area contributed by atoms with Crippen LogP contribution in [-0.4, -0.2) is 18.3 Å². The van der Waals surface area contributed by atoms with Gasteiger partial charge in [-0.25, -0.2) is 0 Å². The standard InChI is InChI=1S/C11H12F3NO/c12-11(13,14)9-3-1-2-7(4-9)10-8(6-16)5-15-10/h1-4,8,10,15-16H,5-6H2. The Labute approximate surface area is 91.1 Å². The maximum atomic E-state index is 12.5. The Bertz CT molecular complexity index is 376. The van der Waals surface area contributed by atoms with Crippen molar-refractivity contribution in [1.82, 2.24) is 5.32 Å². The summed E-state index contributed by atoms with van der Waals surface area (Å²) in [6.07, 6.45) is -4.31. The predicted octanol–water partition coefficient (Wildman–Crippen LogP) is 1.96. The first-order valence-corrected chi connectivity index (χ1v) is 5.04. The van der Waals surface area contributed by atoms with Gasteiger partial charge in [0.1, 0.15) is 0 Å². The monoisotopic (exact) mass is 231 g/mol. The van der Waals surface area contributed by atoms with Crippen LogP contribution in [0.1, 0.15) is 17.2 Å². The van der Waals surface area contributed by atoms with Gasteiger partial charge in [-0.3, -0.25) is 0 Å². The first-order valence-electron chi connectivity index (χ1n) is 5.04. The van der Waals surface area contributed by atoms with Gasteiger partial charge in [0.15, 0.2) is 0 Å². The van der Waals surface area contributed by atoms with Crippen molar-refractivity contribution in [2.24, 2.45) is 5.92 Å². The summed E-state index contributed by atoms with van der Waals surface area (Å²) in [6.45, 7) is 0.644. The van der Waals surface area contributed by atoms with Crippen LogP contribution < -0.4 is 5.32 Å². The first kappa shape index (κ1) is 11.4. The molecule has 2 unspecified atom stereocenters. The van der Waals surface area contributed by atoms with E-state index >= 15 is 0 Å². The summed E-state index contributed by atoms with van der Waals surface area (Å²) in [5, 5.41) is 12.0. The summed E-state index contributed by atoms with van der Waals surface area (Å²) >= 11 is 0. The molecule has 1 aromatic rings. The van der Waals surface area contributed by atoms with Gasteiger partial charge in [-0.1, -0.05) is 12.1 Å². The molecule has 0 saturated carbocycles. The molecule has 1 heterocycles. The second kappa shape index (κ2) is 4.07. The van der Waals surface area contributed by atoms with E-state index in [-0.39, 0.29) is 18.6 Å². The Morgan fingerprint density at radius 1 is 1.38 bits per heavy atom. The fraction of sp³-hybridized carbons (Fsp3) is 0.455. The average molecular weight is 231 g/mol. The summed E-state index contributed by atoms with van der Waals surface area (Å²) in [6, 6.07) is 5.07. The van der Waals surface area contributed by atoms with E-state index in [2.05, 4.69) is 5.32 Å². The summed E-state index contributed by atoms with van der Waals surface area (Å²) in [5.74, 6) is 0.0171. The van der Waals surface area contributed by atoms with Gasteiger partial charge in [-0.05, 0) is 17.7 Å². The van der Waals surface area contributed by atoms with Crippen molar-refractivity contribution in [3.8, 4) is 0 Å². The van der Waals surface area contributed by atoms with Crippen molar-refractivity contribution in [3.63, 3.8) is 0 Å². The van der Waals surface area contributed by atoms with Crippen LogP contribution in [0.15, 0.2) is 24.3 Å². The van der Waals surface area contributed by atoms with Crippen LogP contribution in [0.3, 0.4) is 0 Å². The van der Waals surface area contributed by atoms with Gasteiger partial charge in [0.25, 0.3) is 0 Å². The zero-order valence-electron chi connectivity index (χ0n) is 8.46. The fourth-order valence-corrected chi connectivity index (χ4v) is 1.87. The normalized spacial score (nSPS) is 25.2. The van der Waals surface area contributed by atoms with E-state index in [4.69, 9.17) is 5.11 Å². The van der Waals surface area contributed by atoms with E-state index in [1.165, 1.54) is 6.07 Å². The van der Waals surface area contributed by atoms with Gasteiger partial charge < -0.3 is 10.4 Å². The van der Waals surface area contributed by atoms with Gasteiger partial charge >= 0.3 is 6.18 Å². The Kier molecular flexibility index (Phi) is 2.90. The lowest BCUT2D eigenvalue weighted by Gasteiger charge is -2.37. The molecule has 5 heteroatoms. The van der Waals surface area contributed by atoms with E-state index in [0.29, 0.717) is 12.1 Å². The number of benzene rings is 1. The third-order valence-corrected chi connectivity index (χ3v) is 2.88. The average Bonchev–Trinajstić information content (AvgIpc) is 2.16. The molecular formula is C11H12F3NO. The minimum Gasteiger partial charge on any atom is -0.396 e. The molecule has 2 N–H and O–H groups in total. The van der Waals surface area contributed by atoms with Crippen molar-refractivity contribution in [1.29, 1.82) is 0 Å². The van der Waals surface area contributed by atoms with E-state index in [0.717, 1.165) is 12.1 Å². The van der Waals surface area contributed by atoms with E-state index < -0.39 is 11.7 Å². The number of aliphatic hydroxyl groups excluding tert-OH is 1. The molecule has 16 heavy (non-hydrogen) atoms. The van der Waals surface area contributed by atoms with E-state index in [1.807, 2.05) is 0 Å². The molecule has 88 valence electrons. The lowest BCUT2D eigenvalue weighted by atomic mass is 9.86. The topological polar surface area (TPSA) is 32.3 Å². The molecule has 0 amide bonds. The molecule has 1 aliphatic rings.